The summed E-state index contributed by atoms with van der Waals surface area (Å²) in [6, 6.07) is 4.89. The van der Waals surface area contributed by atoms with Gasteiger partial charge in [-0.15, -0.1) is 0 Å². The van der Waals surface area contributed by atoms with Crippen LogP contribution in [0.25, 0.3) is 11.6 Å². The normalized spacial score (nSPS) is 20.2. The third-order valence-corrected chi connectivity index (χ3v) is 9.44. The highest BCUT2D eigenvalue weighted by molar-refractivity contribution is 7.91. The van der Waals surface area contributed by atoms with E-state index in [1.807, 2.05) is 6.08 Å². The number of benzene rings is 1. The number of sulfone groups is 1. The topological polar surface area (TPSA) is 102 Å². The number of rotatable bonds is 7. The number of nitrogens with one attached hydrogen (secondary N) is 2. The number of anilines is 1. The number of hydrogen-bond acceptors (Lipinski definition) is 5. The molecule has 1 saturated heterocycles. The zero-order valence-corrected chi connectivity index (χ0v) is 21.2. The lowest BCUT2D eigenvalue weighted by Crippen LogP contribution is -2.36. The Bertz CT molecular complexity index is 1250. The van der Waals surface area contributed by atoms with E-state index < -0.39 is 9.84 Å². The maximum Gasteiger partial charge on any atom is 0.256 e. The molecule has 8 heteroatoms. The molecule has 1 aliphatic carbocycles. The second kappa shape index (κ2) is 9.91. The van der Waals surface area contributed by atoms with Gasteiger partial charge in [-0.2, -0.15) is 0 Å². The molecule has 0 saturated carbocycles. The number of aromatic nitrogens is 1. The SMILES string of the molecule is CCS(=O)(=O)c1ccc2c(c1)/C(=C\c1[nH]c3c(c1CCCN1CCC(O)CC1)CCCC3)C(=O)N2. The summed E-state index contributed by atoms with van der Waals surface area (Å²) < 4.78 is 24.9. The van der Waals surface area contributed by atoms with Crippen molar-refractivity contribution in [1.29, 1.82) is 0 Å². The summed E-state index contributed by atoms with van der Waals surface area (Å²) in [5.74, 6) is -0.174. The quantitative estimate of drug-likeness (QED) is 0.508. The van der Waals surface area contributed by atoms with Gasteiger partial charge in [0.15, 0.2) is 9.84 Å². The number of carbonyl (C=O) groups is 1. The molecule has 3 heterocycles. The lowest BCUT2D eigenvalue weighted by Gasteiger charge is -2.29. The minimum Gasteiger partial charge on any atom is -0.393 e. The van der Waals surface area contributed by atoms with Crippen molar-refractivity contribution in [2.75, 3.05) is 30.7 Å². The molecular weight excluding hydrogens is 462 g/mol. The number of amides is 1. The van der Waals surface area contributed by atoms with Crippen LogP contribution in [0, 0.1) is 0 Å². The molecule has 5 rings (SSSR count). The van der Waals surface area contributed by atoms with E-state index in [-0.39, 0.29) is 22.7 Å². The van der Waals surface area contributed by atoms with Crippen LogP contribution >= 0.6 is 0 Å². The Morgan fingerprint density at radius 2 is 1.94 bits per heavy atom. The van der Waals surface area contributed by atoms with Crippen LogP contribution in [0.2, 0.25) is 0 Å². The number of nitrogens with zero attached hydrogens (tertiary/aromatic N) is 1. The first-order valence-corrected chi connectivity index (χ1v) is 14.5. The summed E-state index contributed by atoms with van der Waals surface area (Å²) >= 11 is 0. The average Bonchev–Trinajstić information content (AvgIpc) is 3.37. The largest absolute Gasteiger partial charge is 0.393 e. The molecule has 0 unspecified atom stereocenters. The molecule has 188 valence electrons. The van der Waals surface area contributed by atoms with Crippen LogP contribution in [0.4, 0.5) is 5.69 Å². The first kappa shape index (κ1) is 24.3. The van der Waals surface area contributed by atoms with E-state index in [9.17, 15) is 18.3 Å². The zero-order chi connectivity index (χ0) is 24.6. The fraction of sp³-hybridized carbons (Fsp3) is 0.519. The Morgan fingerprint density at radius 3 is 2.71 bits per heavy atom. The highest BCUT2D eigenvalue weighted by Crippen LogP contribution is 2.37. The van der Waals surface area contributed by atoms with Gasteiger partial charge in [0.1, 0.15) is 0 Å². The van der Waals surface area contributed by atoms with E-state index in [0.29, 0.717) is 16.8 Å². The third-order valence-electron chi connectivity index (χ3n) is 7.70. The summed E-state index contributed by atoms with van der Waals surface area (Å²) in [5, 5.41) is 12.7. The van der Waals surface area contributed by atoms with Gasteiger partial charge in [-0.3, -0.25) is 4.79 Å². The predicted octanol–water partition coefficient (Wildman–Crippen LogP) is 3.57. The molecule has 1 fully saturated rings. The van der Waals surface area contributed by atoms with Gasteiger partial charge in [0, 0.05) is 35.7 Å². The highest BCUT2D eigenvalue weighted by Gasteiger charge is 2.28. The number of hydrogen-bond donors (Lipinski definition) is 3. The van der Waals surface area contributed by atoms with Crippen molar-refractivity contribution in [2.24, 2.45) is 0 Å². The van der Waals surface area contributed by atoms with E-state index in [4.69, 9.17) is 0 Å². The van der Waals surface area contributed by atoms with Gasteiger partial charge < -0.3 is 20.3 Å². The minimum absolute atomic E-state index is 0.0235. The number of H-pyrrole nitrogens is 1. The molecular formula is C27H35N3O4S. The van der Waals surface area contributed by atoms with Gasteiger partial charge in [0.25, 0.3) is 5.91 Å². The lowest BCUT2D eigenvalue weighted by atomic mass is 9.92. The average molecular weight is 498 g/mol. The second-order valence-electron chi connectivity index (χ2n) is 9.98. The van der Waals surface area contributed by atoms with Crippen molar-refractivity contribution in [1.82, 2.24) is 9.88 Å². The summed E-state index contributed by atoms with van der Waals surface area (Å²) in [6.45, 7) is 4.53. The lowest BCUT2D eigenvalue weighted by molar-refractivity contribution is -0.110. The van der Waals surface area contributed by atoms with Gasteiger partial charge >= 0.3 is 0 Å². The van der Waals surface area contributed by atoms with Crippen LogP contribution < -0.4 is 5.32 Å². The van der Waals surface area contributed by atoms with Crippen LogP contribution in [-0.2, 0) is 33.9 Å². The molecule has 35 heavy (non-hydrogen) atoms. The van der Waals surface area contributed by atoms with E-state index in [1.165, 1.54) is 29.7 Å². The van der Waals surface area contributed by atoms with E-state index in [2.05, 4.69) is 15.2 Å². The smallest absolute Gasteiger partial charge is 0.256 e. The molecule has 2 aromatic rings. The van der Waals surface area contributed by atoms with Crippen LogP contribution in [0.15, 0.2) is 23.1 Å². The van der Waals surface area contributed by atoms with Crippen LogP contribution in [0.3, 0.4) is 0 Å². The molecule has 7 nitrogen and oxygen atoms in total. The summed E-state index contributed by atoms with van der Waals surface area (Å²) in [5.41, 5.74) is 6.77. The molecule has 0 spiro atoms. The summed E-state index contributed by atoms with van der Waals surface area (Å²) in [6.07, 6.45) is 9.85. The molecule has 1 aromatic heterocycles. The third kappa shape index (κ3) is 4.97. The fourth-order valence-electron chi connectivity index (χ4n) is 5.62. The Hall–Kier alpha value is -2.42. The van der Waals surface area contributed by atoms with Gasteiger partial charge in [0.2, 0.25) is 0 Å². The molecule has 0 radical (unpaired) electrons. The van der Waals surface area contributed by atoms with Crippen molar-refractivity contribution < 1.29 is 18.3 Å². The number of likely N-dealkylation sites (tertiary alicyclic amines) is 1. The van der Waals surface area contributed by atoms with Gasteiger partial charge in [-0.05, 0) is 93.3 Å². The monoisotopic (exact) mass is 497 g/mol. The number of piperidine rings is 1. The molecule has 3 aliphatic rings. The summed E-state index contributed by atoms with van der Waals surface area (Å²) in [4.78, 5) is 19.2. The van der Waals surface area contributed by atoms with Crippen molar-refractivity contribution in [3.8, 4) is 0 Å². The predicted molar refractivity (Wildman–Crippen MR) is 138 cm³/mol. The van der Waals surface area contributed by atoms with Gasteiger partial charge in [0.05, 0.1) is 22.3 Å². The number of aromatic amines is 1. The zero-order valence-electron chi connectivity index (χ0n) is 20.4. The Kier molecular flexibility index (Phi) is 6.88. The van der Waals surface area contributed by atoms with E-state index in [0.717, 1.165) is 63.9 Å². The number of aliphatic hydroxyl groups is 1. The van der Waals surface area contributed by atoms with E-state index in [1.54, 1.807) is 25.1 Å². The van der Waals surface area contributed by atoms with Crippen LogP contribution in [-0.4, -0.2) is 60.8 Å². The van der Waals surface area contributed by atoms with Gasteiger partial charge in [-0.1, -0.05) is 6.92 Å². The Labute approximate surface area is 207 Å². The summed E-state index contributed by atoms with van der Waals surface area (Å²) in [7, 11) is -3.36. The minimum atomic E-state index is -3.36. The standard InChI is InChI=1S/C27H35N3O4S/c1-2-35(33,34)19-9-10-25-22(16-19)23(27(32)29-25)17-26-21(20-6-3-4-8-24(20)28-26)7-5-13-30-14-11-18(31)12-15-30/h9-10,16-18,28,31H,2-8,11-15H2,1H3,(H,29,32)/b23-17+. The van der Waals surface area contributed by atoms with Crippen molar-refractivity contribution >= 4 is 33.1 Å². The molecule has 1 amide bonds. The highest BCUT2D eigenvalue weighted by atomic mass is 32.2. The number of aliphatic hydroxyl groups excluding tert-OH is 1. The van der Waals surface area contributed by atoms with Crippen LogP contribution in [0.5, 0.6) is 0 Å². The second-order valence-corrected chi connectivity index (χ2v) is 12.3. The van der Waals surface area contributed by atoms with Crippen LogP contribution in [0.1, 0.15) is 67.1 Å². The van der Waals surface area contributed by atoms with E-state index >= 15 is 0 Å². The van der Waals surface area contributed by atoms with Crippen molar-refractivity contribution in [2.45, 2.75) is 69.3 Å². The first-order chi connectivity index (χ1) is 16.9. The van der Waals surface area contributed by atoms with Crippen molar-refractivity contribution in [3.63, 3.8) is 0 Å². The number of carbonyl (C=O) groups excluding carboxylic acids is 1. The van der Waals surface area contributed by atoms with Gasteiger partial charge in [-0.25, -0.2) is 8.42 Å². The molecule has 1 aromatic carbocycles. The number of fused-ring (bicyclic) bond motifs is 2. The Morgan fingerprint density at radius 1 is 1.17 bits per heavy atom. The maximum atomic E-state index is 12.9. The molecule has 2 aliphatic heterocycles. The number of aryl methyl sites for hydroxylation is 1. The van der Waals surface area contributed by atoms with Crippen molar-refractivity contribution in [3.05, 3.63) is 46.3 Å². The molecule has 0 bridgehead atoms. The molecule has 3 N–H and O–H groups in total. The maximum absolute atomic E-state index is 12.9. The Balaban J connectivity index is 1.44. The first-order valence-electron chi connectivity index (χ1n) is 12.9. The molecule has 0 atom stereocenters. The fourth-order valence-corrected chi connectivity index (χ4v) is 6.53.